The van der Waals surface area contributed by atoms with Gasteiger partial charge in [-0.1, -0.05) is 12.2 Å². The second-order valence-electron chi connectivity index (χ2n) is 5.65. The monoisotopic (exact) mass is 222 g/mol. The Morgan fingerprint density at radius 1 is 1.06 bits per heavy atom. The Morgan fingerprint density at radius 2 is 1.62 bits per heavy atom. The van der Waals surface area contributed by atoms with E-state index in [1.54, 1.807) is 0 Å². The Bertz CT molecular complexity index is 229. The van der Waals surface area contributed by atoms with E-state index < -0.39 is 0 Å². The first-order valence-electron chi connectivity index (χ1n) is 6.81. The molecule has 2 rings (SSSR count). The van der Waals surface area contributed by atoms with E-state index >= 15 is 0 Å². The first kappa shape index (κ1) is 12.1. The first-order valence-corrected chi connectivity index (χ1v) is 6.81. The van der Waals surface area contributed by atoms with Gasteiger partial charge in [-0.15, -0.1) is 0 Å². The van der Waals surface area contributed by atoms with E-state index in [1.807, 2.05) is 0 Å². The molecule has 1 aliphatic heterocycles. The van der Waals surface area contributed by atoms with E-state index in [9.17, 15) is 0 Å². The molecule has 0 aromatic carbocycles. The molecule has 0 N–H and O–H groups in total. The van der Waals surface area contributed by atoms with Crippen LogP contribution in [0.1, 0.15) is 39.5 Å². The average molecular weight is 222 g/mol. The molecule has 16 heavy (non-hydrogen) atoms. The summed E-state index contributed by atoms with van der Waals surface area (Å²) in [7, 11) is 0. The number of allylic oxidation sites excluding steroid dienone is 1. The molecule has 1 saturated heterocycles. The van der Waals surface area contributed by atoms with Gasteiger partial charge < -0.3 is 0 Å². The topological polar surface area (TPSA) is 6.48 Å². The fourth-order valence-corrected chi connectivity index (χ4v) is 2.99. The van der Waals surface area contributed by atoms with Crippen LogP contribution in [-0.4, -0.2) is 48.1 Å². The third-order valence-electron chi connectivity index (χ3n) is 4.26. The summed E-state index contributed by atoms with van der Waals surface area (Å²) in [6.45, 7) is 13.8. The zero-order valence-electron chi connectivity index (χ0n) is 10.9. The molecule has 0 atom stereocenters. The summed E-state index contributed by atoms with van der Waals surface area (Å²) in [5.74, 6) is 0. The zero-order chi connectivity index (χ0) is 11.5. The van der Waals surface area contributed by atoms with E-state index in [0.29, 0.717) is 6.04 Å². The van der Waals surface area contributed by atoms with Crippen molar-refractivity contribution in [3.05, 3.63) is 12.2 Å². The van der Waals surface area contributed by atoms with E-state index in [-0.39, 0.29) is 0 Å². The van der Waals surface area contributed by atoms with Crippen molar-refractivity contribution in [2.24, 2.45) is 0 Å². The van der Waals surface area contributed by atoms with Crippen LogP contribution >= 0.6 is 0 Å². The highest BCUT2D eigenvalue weighted by atomic mass is 15.3. The van der Waals surface area contributed by atoms with Gasteiger partial charge in [0.15, 0.2) is 0 Å². The highest BCUT2D eigenvalue weighted by Gasteiger charge is 2.26. The van der Waals surface area contributed by atoms with E-state index in [4.69, 9.17) is 0 Å². The largest absolute Gasteiger partial charge is 0.298 e. The van der Waals surface area contributed by atoms with Gasteiger partial charge in [0.05, 0.1) is 0 Å². The molecule has 2 fully saturated rings. The molecule has 0 bridgehead atoms. The minimum absolute atomic E-state index is 0.716. The highest BCUT2D eigenvalue weighted by molar-refractivity contribution is 5.00. The summed E-state index contributed by atoms with van der Waals surface area (Å²) in [4.78, 5) is 5.31. The molecule has 92 valence electrons. The predicted molar refractivity (Wildman–Crippen MR) is 69.7 cm³/mol. The van der Waals surface area contributed by atoms with E-state index in [2.05, 4.69) is 30.2 Å². The Kier molecular flexibility index (Phi) is 4.04. The summed E-state index contributed by atoms with van der Waals surface area (Å²) in [6, 6.07) is 1.56. The maximum absolute atomic E-state index is 4.10. The lowest BCUT2D eigenvalue weighted by atomic mass is 9.90. The Balaban J connectivity index is 1.78. The normalized spacial score (nSPS) is 26.6. The SMILES string of the molecule is C=C1CCC(N2CCN(C(C)C)CC2)CC1. The molecule has 1 aliphatic carbocycles. The van der Waals surface area contributed by atoms with Crippen LogP contribution in [0.5, 0.6) is 0 Å². The summed E-state index contributed by atoms with van der Waals surface area (Å²) in [5.41, 5.74) is 1.47. The molecule has 0 aromatic rings. The maximum Gasteiger partial charge on any atom is 0.0113 e. The zero-order valence-corrected chi connectivity index (χ0v) is 10.9. The standard InChI is InChI=1S/C14H26N2/c1-12(2)15-8-10-16(11-9-15)14-6-4-13(3)5-7-14/h12,14H,3-11H2,1-2H3. The lowest BCUT2D eigenvalue weighted by Gasteiger charge is -2.42. The Labute approximate surface area is 100 Å². The predicted octanol–water partition coefficient (Wildman–Crippen LogP) is 2.51. The number of rotatable bonds is 2. The fraction of sp³-hybridized carbons (Fsp3) is 0.857. The molecule has 0 unspecified atom stereocenters. The molecule has 2 nitrogen and oxygen atoms in total. The van der Waals surface area contributed by atoms with Crippen LogP contribution in [0.3, 0.4) is 0 Å². The van der Waals surface area contributed by atoms with E-state index in [0.717, 1.165) is 6.04 Å². The first-order chi connectivity index (χ1) is 7.66. The molecule has 0 amide bonds. The second kappa shape index (κ2) is 5.33. The molecule has 1 saturated carbocycles. The van der Waals surface area contributed by atoms with Crippen LogP contribution in [-0.2, 0) is 0 Å². The van der Waals surface area contributed by atoms with Crippen LogP contribution in [0, 0.1) is 0 Å². The van der Waals surface area contributed by atoms with Crippen LogP contribution in [0.15, 0.2) is 12.2 Å². The molecular formula is C14H26N2. The van der Waals surface area contributed by atoms with Gasteiger partial charge in [0.25, 0.3) is 0 Å². The van der Waals surface area contributed by atoms with Crippen LogP contribution in [0.4, 0.5) is 0 Å². The molecule has 0 aromatic heterocycles. The van der Waals surface area contributed by atoms with Crippen molar-refractivity contribution >= 4 is 0 Å². The molecular weight excluding hydrogens is 196 g/mol. The molecule has 2 heteroatoms. The Morgan fingerprint density at radius 3 is 2.12 bits per heavy atom. The number of hydrogen-bond donors (Lipinski definition) is 0. The van der Waals surface area contributed by atoms with Gasteiger partial charge >= 0.3 is 0 Å². The van der Waals surface area contributed by atoms with Crippen LogP contribution in [0.25, 0.3) is 0 Å². The van der Waals surface area contributed by atoms with Crippen molar-refractivity contribution in [2.75, 3.05) is 26.2 Å². The van der Waals surface area contributed by atoms with Crippen molar-refractivity contribution in [1.29, 1.82) is 0 Å². The molecule has 0 radical (unpaired) electrons. The molecule has 2 aliphatic rings. The van der Waals surface area contributed by atoms with Crippen molar-refractivity contribution < 1.29 is 0 Å². The van der Waals surface area contributed by atoms with Gasteiger partial charge in [0, 0.05) is 38.3 Å². The maximum atomic E-state index is 4.10. The lowest BCUT2D eigenvalue weighted by Crippen LogP contribution is -2.52. The lowest BCUT2D eigenvalue weighted by molar-refractivity contribution is 0.0685. The van der Waals surface area contributed by atoms with Crippen molar-refractivity contribution in [1.82, 2.24) is 9.80 Å². The van der Waals surface area contributed by atoms with Gasteiger partial charge in [-0.25, -0.2) is 0 Å². The van der Waals surface area contributed by atoms with Crippen molar-refractivity contribution in [2.45, 2.75) is 51.6 Å². The molecule has 1 heterocycles. The minimum atomic E-state index is 0.716. The number of piperazine rings is 1. The van der Waals surface area contributed by atoms with Crippen LogP contribution < -0.4 is 0 Å². The third kappa shape index (κ3) is 2.86. The smallest absolute Gasteiger partial charge is 0.0113 e. The summed E-state index contributed by atoms with van der Waals surface area (Å²) in [5, 5.41) is 0. The van der Waals surface area contributed by atoms with Crippen molar-refractivity contribution in [3.8, 4) is 0 Å². The van der Waals surface area contributed by atoms with Gasteiger partial charge in [0.1, 0.15) is 0 Å². The average Bonchev–Trinajstić information content (AvgIpc) is 2.30. The number of hydrogen-bond acceptors (Lipinski definition) is 2. The number of nitrogens with zero attached hydrogens (tertiary/aromatic N) is 2. The van der Waals surface area contributed by atoms with Gasteiger partial charge in [0.2, 0.25) is 0 Å². The van der Waals surface area contributed by atoms with Crippen molar-refractivity contribution in [3.63, 3.8) is 0 Å². The summed E-state index contributed by atoms with van der Waals surface area (Å²) >= 11 is 0. The van der Waals surface area contributed by atoms with Gasteiger partial charge in [-0.05, 0) is 39.5 Å². The van der Waals surface area contributed by atoms with Gasteiger partial charge in [-0.3, -0.25) is 9.80 Å². The minimum Gasteiger partial charge on any atom is -0.298 e. The Hall–Kier alpha value is -0.340. The highest BCUT2D eigenvalue weighted by Crippen LogP contribution is 2.26. The summed E-state index contributed by atoms with van der Waals surface area (Å²) in [6.07, 6.45) is 5.21. The fourth-order valence-electron chi connectivity index (χ4n) is 2.99. The summed E-state index contributed by atoms with van der Waals surface area (Å²) < 4.78 is 0. The second-order valence-corrected chi connectivity index (χ2v) is 5.65. The van der Waals surface area contributed by atoms with Crippen LogP contribution in [0.2, 0.25) is 0 Å². The third-order valence-corrected chi connectivity index (χ3v) is 4.26. The van der Waals surface area contributed by atoms with E-state index in [1.165, 1.54) is 57.4 Å². The van der Waals surface area contributed by atoms with Gasteiger partial charge in [-0.2, -0.15) is 0 Å². The quantitative estimate of drug-likeness (QED) is 0.662. The molecule has 0 spiro atoms.